The Kier molecular flexibility index (Phi) is 2.41. The zero-order chi connectivity index (χ0) is 7.40. The summed E-state index contributed by atoms with van der Waals surface area (Å²) in [6.45, 7) is 2.11. The van der Waals surface area contributed by atoms with Crippen molar-refractivity contribution in [2.75, 3.05) is 19.6 Å². The summed E-state index contributed by atoms with van der Waals surface area (Å²) in [5.41, 5.74) is 0. The van der Waals surface area contributed by atoms with Gasteiger partial charge in [-0.05, 0) is 6.42 Å². The van der Waals surface area contributed by atoms with Gasteiger partial charge in [-0.25, -0.2) is 0 Å². The molecule has 1 fully saturated rings. The molecule has 1 aliphatic heterocycles. The summed E-state index contributed by atoms with van der Waals surface area (Å²) in [7, 11) is 0. The SMILES string of the molecule is N#CCCCN1CC(=O)C1. The smallest absolute Gasteiger partial charge is 0.160 e. The van der Waals surface area contributed by atoms with E-state index in [-0.39, 0.29) is 0 Å². The molecule has 0 aromatic carbocycles. The highest BCUT2D eigenvalue weighted by atomic mass is 16.1. The van der Waals surface area contributed by atoms with Gasteiger partial charge in [-0.3, -0.25) is 9.69 Å². The molecular formula is C7H10N2O. The first-order valence-corrected chi connectivity index (χ1v) is 3.44. The number of Topliss-reactive ketones (excluding diaryl/α,β-unsaturated/α-hetero) is 1. The summed E-state index contributed by atoms with van der Waals surface area (Å²) >= 11 is 0. The molecule has 3 nitrogen and oxygen atoms in total. The minimum Gasteiger partial charge on any atom is -0.297 e. The van der Waals surface area contributed by atoms with Crippen LogP contribution in [0.25, 0.3) is 0 Å². The summed E-state index contributed by atoms with van der Waals surface area (Å²) < 4.78 is 0. The third kappa shape index (κ3) is 1.82. The lowest BCUT2D eigenvalue weighted by atomic mass is 10.2. The first kappa shape index (κ1) is 7.23. The van der Waals surface area contributed by atoms with Crippen LogP contribution in [0.2, 0.25) is 0 Å². The molecule has 0 radical (unpaired) electrons. The molecule has 0 amide bonds. The summed E-state index contributed by atoms with van der Waals surface area (Å²) in [6, 6.07) is 2.07. The van der Waals surface area contributed by atoms with Crippen molar-refractivity contribution in [2.24, 2.45) is 0 Å². The number of unbranched alkanes of at least 4 members (excludes halogenated alkanes) is 1. The van der Waals surface area contributed by atoms with Crippen LogP contribution in [0.5, 0.6) is 0 Å². The zero-order valence-corrected chi connectivity index (χ0v) is 5.84. The fraction of sp³-hybridized carbons (Fsp3) is 0.714. The molecule has 10 heavy (non-hydrogen) atoms. The summed E-state index contributed by atoms with van der Waals surface area (Å²) in [6.07, 6.45) is 1.49. The van der Waals surface area contributed by atoms with Crippen molar-refractivity contribution in [1.29, 1.82) is 5.26 Å². The maximum atomic E-state index is 10.4. The monoisotopic (exact) mass is 138 g/mol. The second-order valence-electron chi connectivity index (χ2n) is 2.51. The Morgan fingerprint density at radius 3 is 2.80 bits per heavy atom. The van der Waals surface area contributed by atoms with Crippen LogP contribution in [0.1, 0.15) is 12.8 Å². The van der Waals surface area contributed by atoms with Gasteiger partial charge in [0.25, 0.3) is 0 Å². The topological polar surface area (TPSA) is 44.1 Å². The largest absolute Gasteiger partial charge is 0.297 e. The molecule has 1 aliphatic rings. The Labute approximate surface area is 60.2 Å². The first-order valence-electron chi connectivity index (χ1n) is 3.44. The van der Waals surface area contributed by atoms with Crippen molar-refractivity contribution < 1.29 is 4.79 Å². The standard InChI is InChI=1S/C7H10N2O/c8-3-1-2-4-9-5-7(10)6-9/h1-2,4-6H2. The van der Waals surface area contributed by atoms with Gasteiger partial charge in [-0.15, -0.1) is 0 Å². The van der Waals surface area contributed by atoms with Crippen molar-refractivity contribution in [2.45, 2.75) is 12.8 Å². The molecule has 0 aromatic heterocycles. The highest BCUT2D eigenvalue weighted by Crippen LogP contribution is 2.03. The van der Waals surface area contributed by atoms with Crippen LogP contribution in [-0.4, -0.2) is 30.3 Å². The maximum Gasteiger partial charge on any atom is 0.160 e. The second-order valence-corrected chi connectivity index (χ2v) is 2.51. The number of likely N-dealkylation sites (tertiary alicyclic amines) is 1. The van der Waals surface area contributed by atoms with E-state index in [4.69, 9.17) is 5.26 Å². The molecule has 0 bridgehead atoms. The van der Waals surface area contributed by atoms with Crippen molar-refractivity contribution in [1.82, 2.24) is 4.90 Å². The molecule has 0 atom stereocenters. The molecule has 0 spiro atoms. The summed E-state index contributed by atoms with van der Waals surface area (Å²) in [5.74, 6) is 0.317. The van der Waals surface area contributed by atoms with Crippen LogP contribution in [0.15, 0.2) is 0 Å². The number of ketones is 1. The third-order valence-corrected chi connectivity index (χ3v) is 1.56. The van der Waals surface area contributed by atoms with Crippen LogP contribution in [0, 0.1) is 11.3 Å². The number of nitrogens with zero attached hydrogens (tertiary/aromatic N) is 2. The fourth-order valence-corrected chi connectivity index (χ4v) is 0.992. The molecule has 0 aromatic rings. The maximum absolute atomic E-state index is 10.4. The molecule has 54 valence electrons. The number of carbonyl (C=O) groups excluding carboxylic acids is 1. The number of carbonyl (C=O) groups is 1. The van der Waals surface area contributed by atoms with Crippen molar-refractivity contribution in [3.05, 3.63) is 0 Å². The van der Waals surface area contributed by atoms with E-state index in [0.717, 1.165) is 13.0 Å². The minimum absolute atomic E-state index is 0.317. The van der Waals surface area contributed by atoms with E-state index < -0.39 is 0 Å². The predicted octanol–water partition coefficient (Wildman–Crippen LogP) is 0.175. The zero-order valence-electron chi connectivity index (χ0n) is 5.84. The summed E-state index contributed by atoms with van der Waals surface area (Å²) in [4.78, 5) is 12.5. The number of nitriles is 1. The molecule has 0 N–H and O–H groups in total. The highest BCUT2D eigenvalue weighted by molar-refractivity contribution is 5.87. The Hall–Kier alpha value is -0.880. The van der Waals surface area contributed by atoms with Gasteiger partial charge in [0.05, 0.1) is 19.2 Å². The van der Waals surface area contributed by atoms with Gasteiger partial charge in [0.15, 0.2) is 5.78 Å². The van der Waals surface area contributed by atoms with Gasteiger partial charge in [0.2, 0.25) is 0 Å². The lowest BCUT2D eigenvalue weighted by molar-refractivity contribution is -0.128. The number of hydrogen-bond donors (Lipinski definition) is 0. The average molecular weight is 138 g/mol. The lowest BCUT2D eigenvalue weighted by Gasteiger charge is -2.28. The van der Waals surface area contributed by atoms with E-state index in [9.17, 15) is 4.79 Å². The molecule has 1 rings (SSSR count). The predicted molar refractivity (Wildman–Crippen MR) is 36.3 cm³/mol. The van der Waals surface area contributed by atoms with Gasteiger partial charge in [0, 0.05) is 13.0 Å². The Balaban J connectivity index is 1.96. The quantitative estimate of drug-likeness (QED) is 0.522. The fourth-order valence-electron chi connectivity index (χ4n) is 0.992. The van der Waals surface area contributed by atoms with E-state index in [1.807, 2.05) is 0 Å². The number of hydrogen-bond acceptors (Lipinski definition) is 3. The Morgan fingerprint density at radius 2 is 2.30 bits per heavy atom. The van der Waals surface area contributed by atoms with Crippen molar-refractivity contribution in [3.63, 3.8) is 0 Å². The van der Waals surface area contributed by atoms with E-state index in [1.54, 1.807) is 0 Å². The Bertz CT molecular complexity index is 163. The van der Waals surface area contributed by atoms with Crippen LogP contribution in [0.3, 0.4) is 0 Å². The molecule has 0 unspecified atom stereocenters. The van der Waals surface area contributed by atoms with Crippen LogP contribution >= 0.6 is 0 Å². The molecule has 1 saturated heterocycles. The summed E-state index contributed by atoms with van der Waals surface area (Å²) in [5, 5.41) is 8.19. The van der Waals surface area contributed by atoms with E-state index in [1.165, 1.54) is 0 Å². The molecule has 3 heteroatoms. The lowest BCUT2D eigenvalue weighted by Crippen LogP contribution is -2.47. The van der Waals surface area contributed by atoms with Crippen molar-refractivity contribution >= 4 is 5.78 Å². The number of rotatable bonds is 3. The van der Waals surface area contributed by atoms with E-state index in [0.29, 0.717) is 25.3 Å². The van der Waals surface area contributed by atoms with Gasteiger partial charge in [0.1, 0.15) is 0 Å². The third-order valence-electron chi connectivity index (χ3n) is 1.56. The highest BCUT2D eigenvalue weighted by Gasteiger charge is 2.21. The van der Waals surface area contributed by atoms with Gasteiger partial charge in [-0.1, -0.05) is 0 Å². The van der Waals surface area contributed by atoms with Crippen molar-refractivity contribution in [3.8, 4) is 6.07 Å². The molecule has 0 saturated carbocycles. The Morgan fingerprint density at radius 1 is 1.60 bits per heavy atom. The van der Waals surface area contributed by atoms with Gasteiger partial charge in [-0.2, -0.15) is 5.26 Å². The van der Waals surface area contributed by atoms with E-state index >= 15 is 0 Å². The van der Waals surface area contributed by atoms with E-state index in [2.05, 4.69) is 11.0 Å². The molecule has 0 aliphatic carbocycles. The second kappa shape index (κ2) is 3.33. The van der Waals surface area contributed by atoms with Gasteiger partial charge >= 0.3 is 0 Å². The van der Waals surface area contributed by atoms with Crippen LogP contribution < -0.4 is 0 Å². The molecule has 1 heterocycles. The normalized spacial score (nSPS) is 18.1. The average Bonchev–Trinajstić information content (AvgIpc) is 1.85. The molecular weight excluding hydrogens is 128 g/mol. The van der Waals surface area contributed by atoms with Crippen LogP contribution in [0.4, 0.5) is 0 Å². The first-order chi connectivity index (χ1) is 4.83. The van der Waals surface area contributed by atoms with Gasteiger partial charge < -0.3 is 0 Å². The van der Waals surface area contributed by atoms with Crippen LogP contribution in [-0.2, 0) is 4.79 Å². The minimum atomic E-state index is 0.317.